The van der Waals surface area contributed by atoms with Gasteiger partial charge in [-0.05, 0) is 41.4 Å². The number of phenols is 1. The van der Waals surface area contributed by atoms with Crippen LogP contribution in [-0.4, -0.2) is 23.1 Å². The van der Waals surface area contributed by atoms with Crippen molar-refractivity contribution in [3.05, 3.63) is 78.4 Å². The van der Waals surface area contributed by atoms with Crippen LogP contribution in [0.3, 0.4) is 0 Å². The molecule has 1 N–H and O–H groups in total. The molecule has 0 atom stereocenters. The molecule has 0 amide bonds. The smallest absolute Gasteiger partial charge is 0.148 e. The van der Waals surface area contributed by atoms with Crippen LogP contribution in [-0.2, 0) is 6.54 Å². The van der Waals surface area contributed by atoms with Gasteiger partial charge in [-0.15, -0.1) is 10.2 Å². The summed E-state index contributed by atoms with van der Waals surface area (Å²) < 4.78 is 0. The van der Waals surface area contributed by atoms with Gasteiger partial charge in [-0.25, -0.2) is 0 Å². The predicted octanol–water partition coefficient (Wildman–Crippen LogP) is 6.96. The minimum absolute atomic E-state index is 0.208. The Morgan fingerprint density at radius 2 is 1.34 bits per heavy atom. The molecule has 146 valence electrons. The fraction of sp³-hybridized carbons (Fsp3) is 0.200. The lowest BCUT2D eigenvalue weighted by Crippen LogP contribution is -2.22. The van der Waals surface area contributed by atoms with Gasteiger partial charge in [-0.3, -0.25) is 4.90 Å². The van der Waals surface area contributed by atoms with Crippen molar-refractivity contribution in [1.82, 2.24) is 4.90 Å². The van der Waals surface area contributed by atoms with Crippen molar-refractivity contribution in [2.45, 2.75) is 20.4 Å². The molecule has 0 aliphatic heterocycles. The third-order valence-corrected chi connectivity index (χ3v) is 5.41. The number of hydrogen-bond acceptors (Lipinski definition) is 4. The SMILES string of the molecule is CCN(CC)Cc1c(O)c(N=Nc2cccc3ccccc23)cc2ccccc12. The first-order valence-corrected chi connectivity index (χ1v) is 10.1. The van der Waals surface area contributed by atoms with E-state index < -0.39 is 0 Å². The third kappa shape index (κ3) is 3.84. The summed E-state index contributed by atoms with van der Waals surface area (Å²) in [5.74, 6) is 0.208. The molecule has 0 radical (unpaired) electrons. The van der Waals surface area contributed by atoms with E-state index in [0.29, 0.717) is 12.2 Å². The molecule has 4 nitrogen and oxygen atoms in total. The summed E-state index contributed by atoms with van der Waals surface area (Å²) in [6.07, 6.45) is 0. The zero-order valence-corrected chi connectivity index (χ0v) is 16.8. The van der Waals surface area contributed by atoms with Gasteiger partial charge in [-0.2, -0.15) is 0 Å². The molecule has 4 aromatic carbocycles. The maximum Gasteiger partial charge on any atom is 0.148 e. The van der Waals surface area contributed by atoms with Gasteiger partial charge in [0.25, 0.3) is 0 Å². The van der Waals surface area contributed by atoms with E-state index >= 15 is 0 Å². The third-order valence-electron chi connectivity index (χ3n) is 5.41. The number of nitrogens with zero attached hydrogens (tertiary/aromatic N) is 3. The van der Waals surface area contributed by atoms with Gasteiger partial charge in [-0.1, -0.05) is 74.5 Å². The second-order valence-electron chi connectivity index (χ2n) is 7.10. The maximum absolute atomic E-state index is 11.0. The van der Waals surface area contributed by atoms with Gasteiger partial charge < -0.3 is 5.11 Å². The molecule has 0 aliphatic rings. The minimum Gasteiger partial charge on any atom is -0.505 e. The Kier molecular flexibility index (Phi) is 5.54. The van der Waals surface area contributed by atoms with E-state index in [1.165, 1.54) is 0 Å². The normalized spacial score (nSPS) is 11.8. The van der Waals surface area contributed by atoms with Crippen LogP contribution in [0.4, 0.5) is 11.4 Å². The highest BCUT2D eigenvalue weighted by atomic mass is 16.3. The van der Waals surface area contributed by atoms with Crippen LogP contribution in [0.5, 0.6) is 5.75 Å². The summed E-state index contributed by atoms with van der Waals surface area (Å²) in [5.41, 5.74) is 2.19. The van der Waals surface area contributed by atoms with Crippen LogP contribution >= 0.6 is 0 Å². The summed E-state index contributed by atoms with van der Waals surface area (Å²) in [5, 5.41) is 24.2. The molecule has 0 bridgehead atoms. The zero-order valence-electron chi connectivity index (χ0n) is 16.8. The van der Waals surface area contributed by atoms with E-state index in [2.05, 4.69) is 53.2 Å². The van der Waals surface area contributed by atoms with Gasteiger partial charge in [0.2, 0.25) is 0 Å². The molecule has 29 heavy (non-hydrogen) atoms. The van der Waals surface area contributed by atoms with Crippen LogP contribution in [0.2, 0.25) is 0 Å². The number of phenolic OH excluding ortho intramolecular Hbond substituents is 1. The quantitative estimate of drug-likeness (QED) is 0.366. The number of benzene rings is 4. The standard InChI is InChI=1S/C25H25N3O/c1-3-28(4-2)17-22-20-13-7-6-11-19(20)16-24(25(22)29)27-26-23-15-9-12-18-10-5-8-14-21(18)23/h5-16,29H,3-4,17H2,1-2H3. The topological polar surface area (TPSA) is 48.2 Å². The summed E-state index contributed by atoms with van der Waals surface area (Å²) in [6.45, 7) is 6.79. The van der Waals surface area contributed by atoms with E-state index in [1.807, 2.05) is 48.5 Å². The van der Waals surface area contributed by atoms with E-state index in [1.54, 1.807) is 0 Å². The van der Waals surface area contributed by atoms with E-state index in [9.17, 15) is 5.11 Å². The van der Waals surface area contributed by atoms with Crippen molar-refractivity contribution in [2.75, 3.05) is 13.1 Å². The molecule has 0 saturated carbocycles. The highest BCUT2D eigenvalue weighted by Gasteiger charge is 2.15. The average Bonchev–Trinajstić information content (AvgIpc) is 2.77. The van der Waals surface area contributed by atoms with Crippen LogP contribution in [0.1, 0.15) is 19.4 Å². The predicted molar refractivity (Wildman–Crippen MR) is 120 cm³/mol. The van der Waals surface area contributed by atoms with Crippen molar-refractivity contribution >= 4 is 32.9 Å². The molecule has 0 fully saturated rings. The Balaban J connectivity index is 1.81. The molecule has 4 aromatic rings. The van der Waals surface area contributed by atoms with E-state index in [4.69, 9.17) is 0 Å². The van der Waals surface area contributed by atoms with Crippen LogP contribution in [0.25, 0.3) is 21.5 Å². The Bertz CT molecular complexity index is 1170. The zero-order chi connectivity index (χ0) is 20.2. The lowest BCUT2D eigenvalue weighted by Gasteiger charge is -2.20. The van der Waals surface area contributed by atoms with Gasteiger partial charge in [0.15, 0.2) is 0 Å². The highest BCUT2D eigenvalue weighted by molar-refractivity contribution is 5.93. The molecular weight excluding hydrogens is 358 g/mol. The van der Waals surface area contributed by atoms with Gasteiger partial charge in [0, 0.05) is 17.5 Å². The maximum atomic E-state index is 11.0. The second-order valence-corrected chi connectivity index (χ2v) is 7.10. The second kappa shape index (κ2) is 8.41. The van der Waals surface area contributed by atoms with Crippen LogP contribution < -0.4 is 0 Å². The first-order chi connectivity index (χ1) is 14.2. The molecule has 4 rings (SSSR count). The lowest BCUT2D eigenvalue weighted by molar-refractivity contribution is 0.292. The van der Waals surface area contributed by atoms with E-state index in [0.717, 1.165) is 45.9 Å². The number of fused-ring (bicyclic) bond motifs is 2. The fourth-order valence-corrected chi connectivity index (χ4v) is 3.71. The number of aromatic hydroxyl groups is 1. The molecule has 0 aliphatic carbocycles. The Morgan fingerprint density at radius 3 is 2.10 bits per heavy atom. The van der Waals surface area contributed by atoms with Crippen molar-refractivity contribution in [1.29, 1.82) is 0 Å². The van der Waals surface area contributed by atoms with Crippen molar-refractivity contribution in [3.63, 3.8) is 0 Å². The summed E-state index contributed by atoms with van der Waals surface area (Å²) in [7, 11) is 0. The van der Waals surface area contributed by atoms with Crippen molar-refractivity contribution < 1.29 is 5.11 Å². The molecule has 0 aromatic heterocycles. The first kappa shape index (κ1) is 19.1. The van der Waals surface area contributed by atoms with Crippen LogP contribution in [0, 0.1) is 0 Å². The largest absolute Gasteiger partial charge is 0.505 e. The monoisotopic (exact) mass is 383 g/mol. The summed E-state index contributed by atoms with van der Waals surface area (Å²) in [4.78, 5) is 2.28. The van der Waals surface area contributed by atoms with Gasteiger partial charge in [0.1, 0.15) is 11.4 Å². The van der Waals surface area contributed by atoms with Gasteiger partial charge in [0.05, 0.1) is 5.69 Å². The highest BCUT2D eigenvalue weighted by Crippen LogP contribution is 2.39. The minimum atomic E-state index is 0.208. The number of hydrogen-bond donors (Lipinski definition) is 1. The molecule has 0 spiro atoms. The molecular formula is C25H25N3O. The molecule has 0 saturated heterocycles. The number of rotatable bonds is 6. The molecule has 0 heterocycles. The Labute approximate surface area is 171 Å². The van der Waals surface area contributed by atoms with Gasteiger partial charge >= 0.3 is 0 Å². The lowest BCUT2D eigenvalue weighted by atomic mass is 10.0. The number of azo groups is 1. The average molecular weight is 383 g/mol. The van der Waals surface area contributed by atoms with Crippen molar-refractivity contribution in [3.8, 4) is 5.75 Å². The molecule has 0 unspecified atom stereocenters. The summed E-state index contributed by atoms with van der Waals surface area (Å²) in [6, 6.07) is 24.1. The van der Waals surface area contributed by atoms with E-state index in [-0.39, 0.29) is 5.75 Å². The summed E-state index contributed by atoms with van der Waals surface area (Å²) >= 11 is 0. The first-order valence-electron chi connectivity index (χ1n) is 10.1. The van der Waals surface area contributed by atoms with Crippen molar-refractivity contribution in [2.24, 2.45) is 10.2 Å². The van der Waals surface area contributed by atoms with Crippen LogP contribution in [0.15, 0.2) is 83.0 Å². The fourth-order valence-electron chi connectivity index (χ4n) is 3.71. The Hall–Kier alpha value is -3.24. The molecule has 4 heteroatoms. The Morgan fingerprint density at radius 1 is 0.724 bits per heavy atom.